The van der Waals surface area contributed by atoms with Crippen LogP contribution < -0.4 is 10.6 Å². The van der Waals surface area contributed by atoms with Crippen molar-refractivity contribution in [2.24, 2.45) is 11.7 Å². The van der Waals surface area contributed by atoms with Gasteiger partial charge in [-0.3, -0.25) is 0 Å². The molecular weight excluding hydrogens is 284 g/mol. The highest BCUT2D eigenvalue weighted by Crippen LogP contribution is 2.32. The zero-order chi connectivity index (χ0) is 15.2. The molecule has 0 bridgehead atoms. The van der Waals surface area contributed by atoms with Gasteiger partial charge in [-0.1, -0.05) is 24.6 Å². The van der Waals surface area contributed by atoms with Crippen molar-refractivity contribution in [3.05, 3.63) is 28.8 Å². The van der Waals surface area contributed by atoms with E-state index in [0.29, 0.717) is 5.92 Å². The third-order valence-electron chi connectivity index (χ3n) is 4.35. The number of anilines is 1. The van der Waals surface area contributed by atoms with Crippen LogP contribution in [0.25, 0.3) is 0 Å². The summed E-state index contributed by atoms with van der Waals surface area (Å²) in [6, 6.07) is 6.36. The summed E-state index contributed by atoms with van der Waals surface area (Å²) in [6.45, 7) is 5.09. The van der Waals surface area contributed by atoms with Gasteiger partial charge in [0.25, 0.3) is 0 Å². The van der Waals surface area contributed by atoms with E-state index in [1.807, 2.05) is 12.1 Å². The summed E-state index contributed by atoms with van der Waals surface area (Å²) in [7, 11) is 1.78. The van der Waals surface area contributed by atoms with Gasteiger partial charge < -0.3 is 15.4 Å². The van der Waals surface area contributed by atoms with Gasteiger partial charge >= 0.3 is 0 Å². The molecule has 0 radical (unpaired) electrons. The van der Waals surface area contributed by atoms with Gasteiger partial charge in [-0.25, -0.2) is 0 Å². The van der Waals surface area contributed by atoms with E-state index in [4.69, 9.17) is 22.1 Å². The maximum absolute atomic E-state index is 6.44. The van der Waals surface area contributed by atoms with E-state index in [0.717, 1.165) is 37.6 Å². The fraction of sp³-hybridized carbons (Fsp3) is 0.647. The number of hydrogen-bond acceptors (Lipinski definition) is 3. The summed E-state index contributed by atoms with van der Waals surface area (Å²) in [5.41, 5.74) is 8.61. The molecule has 118 valence electrons. The van der Waals surface area contributed by atoms with Gasteiger partial charge in [0, 0.05) is 37.0 Å². The van der Waals surface area contributed by atoms with E-state index in [1.165, 1.54) is 24.1 Å². The molecule has 1 aromatic rings. The summed E-state index contributed by atoms with van der Waals surface area (Å²) in [6.07, 6.45) is 4.27. The van der Waals surface area contributed by atoms with Crippen LogP contribution in [0.1, 0.15) is 31.7 Å². The lowest BCUT2D eigenvalue weighted by atomic mass is 9.96. The highest BCUT2D eigenvalue weighted by atomic mass is 35.5. The molecule has 2 N–H and O–H groups in total. The standard InChI is InChI=1S/C17H27ClN2O/c1-3-14(19)10-15-16(18)7-4-8-17(15)20-9-5-6-13(11-20)12-21-2/h4,7-8,13-14H,3,5-6,9-12,19H2,1-2H3. The molecule has 21 heavy (non-hydrogen) atoms. The first kappa shape index (κ1) is 16.6. The molecule has 0 amide bonds. The second kappa shape index (κ2) is 8.02. The molecule has 2 unspecified atom stereocenters. The number of piperidine rings is 1. The molecule has 0 spiro atoms. The molecule has 1 aromatic carbocycles. The number of hydrogen-bond donors (Lipinski definition) is 1. The molecule has 0 aliphatic carbocycles. The summed E-state index contributed by atoms with van der Waals surface area (Å²) < 4.78 is 5.33. The molecule has 2 atom stereocenters. The Balaban J connectivity index is 2.19. The van der Waals surface area contributed by atoms with Crippen LogP contribution in [0.5, 0.6) is 0 Å². The minimum Gasteiger partial charge on any atom is -0.384 e. The monoisotopic (exact) mass is 310 g/mol. The number of ether oxygens (including phenoxy) is 1. The number of methoxy groups -OCH3 is 1. The number of rotatable bonds is 6. The molecule has 2 rings (SSSR count). The van der Waals surface area contributed by atoms with Gasteiger partial charge in [-0.15, -0.1) is 0 Å². The van der Waals surface area contributed by atoms with Gasteiger partial charge in [0.05, 0.1) is 6.61 Å². The average molecular weight is 311 g/mol. The van der Waals surface area contributed by atoms with Crippen LogP contribution in [0.3, 0.4) is 0 Å². The minimum atomic E-state index is 0.170. The summed E-state index contributed by atoms with van der Waals surface area (Å²) in [4.78, 5) is 2.46. The van der Waals surface area contributed by atoms with Gasteiger partial charge in [0.1, 0.15) is 0 Å². The molecule has 0 aromatic heterocycles. The lowest BCUT2D eigenvalue weighted by Crippen LogP contribution is -2.38. The zero-order valence-electron chi connectivity index (χ0n) is 13.1. The minimum absolute atomic E-state index is 0.170. The van der Waals surface area contributed by atoms with Crippen LogP contribution >= 0.6 is 11.6 Å². The van der Waals surface area contributed by atoms with E-state index >= 15 is 0 Å². The average Bonchev–Trinajstić information content (AvgIpc) is 2.49. The van der Waals surface area contributed by atoms with Crippen LogP contribution in [0, 0.1) is 5.92 Å². The molecular formula is C17H27ClN2O. The Kier molecular flexibility index (Phi) is 6.34. The molecule has 1 aliphatic heterocycles. The Morgan fingerprint density at radius 3 is 3.00 bits per heavy atom. The normalized spacial score (nSPS) is 20.6. The van der Waals surface area contributed by atoms with Crippen molar-refractivity contribution in [1.29, 1.82) is 0 Å². The number of benzene rings is 1. The van der Waals surface area contributed by atoms with Crippen molar-refractivity contribution in [2.45, 2.75) is 38.6 Å². The van der Waals surface area contributed by atoms with Gasteiger partial charge in [0.15, 0.2) is 0 Å². The zero-order valence-corrected chi connectivity index (χ0v) is 13.9. The van der Waals surface area contributed by atoms with E-state index in [2.05, 4.69) is 17.9 Å². The molecule has 4 heteroatoms. The van der Waals surface area contributed by atoms with E-state index in [1.54, 1.807) is 7.11 Å². The second-order valence-electron chi connectivity index (χ2n) is 6.02. The van der Waals surface area contributed by atoms with Crippen LogP contribution in [0.2, 0.25) is 5.02 Å². The van der Waals surface area contributed by atoms with Crippen molar-refractivity contribution in [2.75, 3.05) is 31.7 Å². The Morgan fingerprint density at radius 2 is 2.29 bits per heavy atom. The van der Waals surface area contributed by atoms with Crippen molar-refractivity contribution in [3.63, 3.8) is 0 Å². The van der Waals surface area contributed by atoms with Crippen molar-refractivity contribution < 1.29 is 4.74 Å². The molecule has 1 heterocycles. The largest absolute Gasteiger partial charge is 0.384 e. The fourth-order valence-corrected chi connectivity index (χ4v) is 3.35. The van der Waals surface area contributed by atoms with E-state index in [9.17, 15) is 0 Å². The van der Waals surface area contributed by atoms with Gasteiger partial charge in [0.2, 0.25) is 0 Å². The van der Waals surface area contributed by atoms with Crippen LogP contribution in [0.15, 0.2) is 18.2 Å². The quantitative estimate of drug-likeness (QED) is 0.874. The third-order valence-corrected chi connectivity index (χ3v) is 4.70. The summed E-state index contributed by atoms with van der Waals surface area (Å²) >= 11 is 6.44. The predicted octanol–water partition coefficient (Wildman–Crippen LogP) is 3.48. The summed E-state index contributed by atoms with van der Waals surface area (Å²) in [5, 5.41) is 0.838. The first-order chi connectivity index (χ1) is 10.2. The molecule has 0 saturated carbocycles. The molecule has 1 saturated heterocycles. The lowest BCUT2D eigenvalue weighted by Gasteiger charge is -2.35. The Morgan fingerprint density at radius 1 is 1.48 bits per heavy atom. The van der Waals surface area contributed by atoms with Crippen molar-refractivity contribution in [3.8, 4) is 0 Å². The van der Waals surface area contributed by atoms with Crippen molar-refractivity contribution in [1.82, 2.24) is 0 Å². The molecule has 1 fully saturated rings. The van der Waals surface area contributed by atoms with Gasteiger partial charge in [-0.2, -0.15) is 0 Å². The fourth-order valence-electron chi connectivity index (χ4n) is 3.11. The second-order valence-corrected chi connectivity index (χ2v) is 6.43. The topological polar surface area (TPSA) is 38.5 Å². The number of halogens is 1. The molecule has 3 nitrogen and oxygen atoms in total. The SMILES string of the molecule is CCC(N)Cc1c(Cl)cccc1N1CCCC(COC)C1. The Hall–Kier alpha value is -0.770. The van der Waals surface area contributed by atoms with E-state index < -0.39 is 0 Å². The Labute approximate surface area is 133 Å². The summed E-state index contributed by atoms with van der Waals surface area (Å²) in [5.74, 6) is 0.607. The van der Waals surface area contributed by atoms with E-state index in [-0.39, 0.29) is 6.04 Å². The maximum Gasteiger partial charge on any atom is 0.0507 e. The highest BCUT2D eigenvalue weighted by Gasteiger charge is 2.23. The maximum atomic E-state index is 6.44. The molecule has 1 aliphatic rings. The number of nitrogens with two attached hydrogens (primary N) is 1. The first-order valence-corrected chi connectivity index (χ1v) is 8.30. The Bertz CT molecular complexity index is 450. The third kappa shape index (κ3) is 4.35. The smallest absolute Gasteiger partial charge is 0.0507 e. The lowest BCUT2D eigenvalue weighted by molar-refractivity contribution is 0.143. The number of nitrogens with zero attached hydrogens (tertiary/aromatic N) is 1. The van der Waals surface area contributed by atoms with Crippen LogP contribution in [0.4, 0.5) is 5.69 Å². The first-order valence-electron chi connectivity index (χ1n) is 7.92. The predicted molar refractivity (Wildman–Crippen MR) is 90.2 cm³/mol. The highest BCUT2D eigenvalue weighted by molar-refractivity contribution is 6.31. The van der Waals surface area contributed by atoms with Gasteiger partial charge in [-0.05, 0) is 49.3 Å². The van der Waals surface area contributed by atoms with Crippen molar-refractivity contribution >= 4 is 17.3 Å². The van der Waals surface area contributed by atoms with Crippen LogP contribution in [-0.4, -0.2) is 32.8 Å². The van der Waals surface area contributed by atoms with Crippen LogP contribution in [-0.2, 0) is 11.2 Å².